The third-order valence-electron chi connectivity index (χ3n) is 4.19. The summed E-state index contributed by atoms with van der Waals surface area (Å²) in [5.41, 5.74) is 2.66. The Labute approximate surface area is 127 Å². The van der Waals surface area contributed by atoms with Crippen LogP contribution < -0.4 is 5.32 Å². The second kappa shape index (κ2) is 6.83. The Bertz CT molecular complexity index is 541. The van der Waals surface area contributed by atoms with Gasteiger partial charge in [0.2, 0.25) is 0 Å². The van der Waals surface area contributed by atoms with E-state index in [1.165, 1.54) is 24.1 Å². The quantitative estimate of drug-likeness (QED) is 0.913. The molecule has 21 heavy (non-hydrogen) atoms. The van der Waals surface area contributed by atoms with Crippen molar-refractivity contribution in [2.45, 2.75) is 32.0 Å². The number of pyridine rings is 1. The van der Waals surface area contributed by atoms with E-state index in [-0.39, 0.29) is 0 Å². The van der Waals surface area contributed by atoms with Crippen molar-refractivity contribution in [2.24, 2.45) is 0 Å². The summed E-state index contributed by atoms with van der Waals surface area (Å²) >= 11 is 0. The van der Waals surface area contributed by atoms with Crippen LogP contribution in [0.5, 0.6) is 0 Å². The lowest BCUT2D eigenvalue weighted by Gasteiger charge is -2.20. The van der Waals surface area contributed by atoms with E-state index in [9.17, 15) is 0 Å². The summed E-state index contributed by atoms with van der Waals surface area (Å²) in [5, 5.41) is 3.73. The zero-order valence-electron chi connectivity index (χ0n) is 12.6. The summed E-state index contributed by atoms with van der Waals surface area (Å²) in [6.07, 6.45) is 5.00. The van der Waals surface area contributed by atoms with Gasteiger partial charge in [-0.1, -0.05) is 36.4 Å². The molecule has 1 N–H and O–H groups in total. The van der Waals surface area contributed by atoms with Crippen LogP contribution in [0.15, 0.2) is 54.9 Å². The first-order chi connectivity index (χ1) is 10.3. The fraction of sp³-hybridized carbons (Fsp3) is 0.389. The van der Waals surface area contributed by atoms with E-state index >= 15 is 0 Å². The summed E-state index contributed by atoms with van der Waals surface area (Å²) in [6.45, 7) is 5.57. The predicted octanol–water partition coefficient (Wildman–Crippen LogP) is 3.01. The number of hydrogen-bond donors (Lipinski definition) is 1. The average molecular weight is 281 g/mol. The molecule has 1 saturated heterocycles. The lowest BCUT2D eigenvalue weighted by Crippen LogP contribution is -2.34. The summed E-state index contributed by atoms with van der Waals surface area (Å²) in [6, 6.07) is 15.8. The maximum atomic E-state index is 4.20. The number of benzene rings is 1. The summed E-state index contributed by atoms with van der Waals surface area (Å²) in [5.74, 6) is 0. The molecule has 0 spiro atoms. The summed E-state index contributed by atoms with van der Waals surface area (Å²) in [4.78, 5) is 6.73. The molecule has 0 bridgehead atoms. The zero-order chi connectivity index (χ0) is 14.5. The van der Waals surface area contributed by atoms with E-state index < -0.39 is 0 Å². The Morgan fingerprint density at radius 2 is 2.10 bits per heavy atom. The summed E-state index contributed by atoms with van der Waals surface area (Å²) in [7, 11) is 0. The molecular formula is C18H23N3. The maximum absolute atomic E-state index is 4.20. The van der Waals surface area contributed by atoms with Gasteiger partial charge in [-0.15, -0.1) is 0 Å². The van der Waals surface area contributed by atoms with Crippen LogP contribution in [0.3, 0.4) is 0 Å². The normalized spacial score (nSPS) is 20.5. The lowest BCUT2D eigenvalue weighted by atomic mass is 10.1. The monoisotopic (exact) mass is 281 g/mol. The van der Waals surface area contributed by atoms with Crippen molar-refractivity contribution in [1.82, 2.24) is 15.2 Å². The Morgan fingerprint density at radius 1 is 1.24 bits per heavy atom. The molecule has 2 heterocycles. The Balaban J connectivity index is 1.51. The highest BCUT2D eigenvalue weighted by atomic mass is 15.2. The molecule has 1 fully saturated rings. The Hall–Kier alpha value is -1.71. The van der Waals surface area contributed by atoms with Gasteiger partial charge in [-0.25, -0.2) is 0 Å². The number of aromatic nitrogens is 1. The van der Waals surface area contributed by atoms with Gasteiger partial charge in [0.25, 0.3) is 0 Å². The Kier molecular flexibility index (Phi) is 4.63. The second-order valence-electron chi connectivity index (χ2n) is 5.88. The van der Waals surface area contributed by atoms with Crippen molar-refractivity contribution in [2.75, 3.05) is 13.1 Å². The van der Waals surface area contributed by atoms with Gasteiger partial charge in [-0.2, -0.15) is 0 Å². The number of nitrogens with zero attached hydrogens (tertiary/aromatic N) is 2. The van der Waals surface area contributed by atoms with Crippen LogP contribution in [-0.2, 0) is 6.54 Å². The van der Waals surface area contributed by atoms with E-state index in [2.05, 4.69) is 58.5 Å². The van der Waals surface area contributed by atoms with Gasteiger partial charge in [-0.3, -0.25) is 9.88 Å². The molecule has 0 aliphatic carbocycles. The van der Waals surface area contributed by atoms with Crippen LogP contribution >= 0.6 is 0 Å². The summed E-state index contributed by atoms with van der Waals surface area (Å²) < 4.78 is 0. The van der Waals surface area contributed by atoms with E-state index in [0.29, 0.717) is 12.1 Å². The van der Waals surface area contributed by atoms with Crippen molar-refractivity contribution in [1.29, 1.82) is 0 Å². The molecule has 0 radical (unpaired) electrons. The van der Waals surface area contributed by atoms with E-state index in [1.54, 1.807) is 0 Å². The predicted molar refractivity (Wildman–Crippen MR) is 85.9 cm³/mol. The molecule has 110 valence electrons. The number of rotatable bonds is 5. The molecule has 1 aromatic carbocycles. The van der Waals surface area contributed by atoms with Gasteiger partial charge < -0.3 is 5.32 Å². The van der Waals surface area contributed by atoms with E-state index in [0.717, 1.165) is 13.1 Å². The van der Waals surface area contributed by atoms with Crippen LogP contribution in [0, 0.1) is 0 Å². The first-order valence-corrected chi connectivity index (χ1v) is 7.73. The molecule has 3 rings (SSSR count). The minimum atomic E-state index is 0.361. The van der Waals surface area contributed by atoms with Crippen molar-refractivity contribution in [3.8, 4) is 0 Å². The minimum Gasteiger partial charge on any atom is -0.306 e. The van der Waals surface area contributed by atoms with E-state index in [1.807, 2.05) is 18.5 Å². The fourth-order valence-electron chi connectivity index (χ4n) is 3.04. The molecule has 1 aliphatic rings. The smallest absolute Gasteiger partial charge is 0.0315 e. The van der Waals surface area contributed by atoms with Gasteiger partial charge in [0, 0.05) is 44.1 Å². The Morgan fingerprint density at radius 3 is 2.86 bits per heavy atom. The highest BCUT2D eigenvalue weighted by Crippen LogP contribution is 2.17. The molecular weight excluding hydrogens is 258 g/mol. The van der Waals surface area contributed by atoms with Crippen molar-refractivity contribution < 1.29 is 0 Å². The topological polar surface area (TPSA) is 28.2 Å². The van der Waals surface area contributed by atoms with Crippen molar-refractivity contribution in [3.63, 3.8) is 0 Å². The fourth-order valence-corrected chi connectivity index (χ4v) is 3.04. The molecule has 3 nitrogen and oxygen atoms in total. The van der Waals surface area contributed by atoms with Crippen LogP contribution in [0.2, 0.25) is 0 Å². The second-order valence-corrected chi connectivity index (χ2v) is 5.88. The number of nitrogens with one attached hydrogen (secondary N) is 1. The van der Waals surface area contributed by atoms with E-state index in [4.69, 9.17) is 0 Å². The first-order valence-electron chi connectivity index (χ1n) is 7.73. The zero-order valence-corrected chi connectivity index (χ0v) is 12.6. The number of hydrogen-bond acceptors (Lipinski definition) is 3. The van der Waals surface area contributed by atoms with Gasteiger partial charge in [0.05, 0.1) is 0 Å². The van der Waals surface area contributed by atoms with Crippen LogP contribution in [0.4, 0.5) is 0 Å². The minimum absolute atomic E-state index is 0.361. The van der Waals surface area contributed by atoms with Crippen molar-refractivity contribution >= 4 is 0 Å². The molecule has 3 heteroatoms. The third kappa shape index (κ3) is 3.90. The highest BCUT2D eigenvalue weighted by molar-refractivity contribution is 5.15. The van der Waals surface area contributed by atoms with Crippen LogP contribution in [-0.4, -0.2) is 29.0 Å². The first kappa shape index (κ1) is 14.2. The molecule has 2 atom stereocenters. The third-order valence-corrected chi connectivity index (χ3v) is 4.19. The van der Waals surface area contributed by atoms with Crippen LogP contribution in [0.25, 0.3) is 0 Å². The SMILES string of the molecule is C[C@H](NC1CCN(Cc2ccccc2)C1)c1cccnc1. The van der Waals surface area contributed by atoms with Crippen molar-refractivity contribution in [3.05, 3.63) is 66.0 Å². The van der Waals surface area contributed by atoms with Gasteiger partial charge in [0.1, 0.15) is 0 Å². The van der Waals surface area contributed by atoms with Gasteiger partial charge >= 0.3 is 0 Å². The van der Waals surface area contributed by atoms with Gasteiger partial charge in [-0.05, 0) is 30.5 Å². The van der Waals surface area contributed by atoms with Crippen LogP contribution in [0.1, 0.15) is 30.5 Å². The maximum Gasteiger partial charge on any atom is 0.0315 e. The highest BCUT2D eigenvalue weighted by Gasteiger charge is 2.23. The largest absolute Gasteiger partial charge is 0.306 e. The molecule has 1 unspecified atom stereocenters. The molecule has 0 amide bonds. The molecule has 0 saturated carbocycles. The molecule has 1 aromatic heterocycles. The standard InChI is InChI=1S/C18H23N3/c1-15(17-8-5-10-19-12-17)20-18-9-11-21(14-18)13-16-6-3-2-4-7-16/h2-8,10,12,15,18,20H,9,11,13-14H2,1H3/t15-,18?/m0/s1. The number of likely N-dealkylation sites (tertiary alicyclic amines) is 1. The molecule has 2 aromatic rings. The lowest BCUT2D eigenvalue weighted by molar-refractivity contribution is 0.316. The average Bonchev–Trinajstić information content (AvgIpc) is 2.96. The molecule has 1 aliphatic heterocycles. The van der Waals surface area contributed by atoms with Gasteiger partial charge in [0.15, 0.2) is 0 Å².